The zero-order valence-electron chi connectivity index (χ0n) is 13.0. The summed E-state index contributed by atoms with van der Waals surface area (Å²) in [5.74, 6) is 1.15. The topological polar surface area (TPSA) is 58.1 Å². The summed E-state index contributed by atoms with van der Waals surface area (Å²) in [5.41, 5.74) is 1.33. The van der Waals surface area contributed by atoms with E-state index in [9.17, 15) is 4.79 Å². The molecule has 1 atom stereocenters. The Bertz CT molecular complexity index is 672. The molecule has 1 saturated heterocycles. The number of rotatable bonds is 3. The molecule has 1 aliphatic rings. The second kappa shape index (κ2) is 7.08. The maximum Gasteiger partial charge on any atom is 0.274 e. The van der Waals surface area contributed by atoms with Crippen LogP contribution in [-0.2, 0) is 0 Å². The maximum atomic E-state index is 12.5. The Labute approximate surface area is 144 Å². The second-order valence-corrected chi connectivity index (χ2v) is 6.83. The first kappa shape index (κ1) is 15.9. The van der Waals surface area contributed by atoms with Gasteiger partial charge in [0.2, 0.25) is 0 Å². The fraction of sp³-hybridized carbons (Fsp3) is 0.353. The number of aromatic nitrogens is 2. The number of likely N-dealkylation sites (tertiary alicyclic amines) is 1. The zero-order chi connectivity index (χ0) is 16.2. The molecule has 0 spiro atoms. The van der Waals surface area contributed by atoms with Crippen LogP contribution in [0.3, 0.4) is 0 Å². The van der Waals surface area contributed by atoms with Crippen LogP contribution in [0, 0.1) is 5.92 Å². The molecular weight excluding hydrogens is 356 g/mol. The third-order valence-electron chi connectivity index (χ3n) is 3.93. The number of benzene rings is 1. The normalized spacial score (nSPS) is 17.8. The standard InChI is InChI=1S/C17H19BrN4O/c1-12-3-2-8-22(11-12)17(23)15-9-20-16(10-19-15)21-14-6-4-13(18)5-7-14/h4-7,9-10,12H,2-3,8,11H2,1H3,(H,20,21). The van der Waals surface area contributed by atoms with Crippen molar-refractivity contribution < 1.29 is 4.79 Å². The minimum Gasteiger partial charge on any atom is -0.339 e. The van der Waals surface area contributed by atoms with Gasteiger partial charge in [0.25, 0.3) is 5.91 Å². The van der Waals surface area contributed by atoms with Crippen molar-refractivity contribution in [2.24, 2.45) is 5.92 Å². The lowest BCUT2D eigenvalue weighted by Crippen LogP contribution is -2.39. The fourth-order valence-corrected chi connectivity index (χ4v) is 2.98. The largest absolute Gasteiger partial charge is 0.339 e. The lowest BCUT2D eigenvalue weighted by Gasteiger charge is -2.30. The molecule has 0 radical (unpaired) electrons. The number of piperidine rings is 1. The average molecular weight is 375 g/mol. The molecule has 120 valence electrons. The van der Waals surface area contributed by atoms with Crippen LogP contribution in [0.1, 0.15) is 30.3 Å². The molecule has 1 aliphatic heterocycles. The van der Waals surface area contributed by atoms with Crippen molar-refractivity contribution in [3.05, 3.63) is 46.8 Å². The Hall–Kier alpha value is -1.95. The van der Waals surface area contributed by atoms with E-state index in [2.05, 4.69) is 38.1 Å². The summed E-state index contributed by atoms with van der Waals surface area (Å²) in [7, 11) is 0. The minimum absolute atomic E-state index is 0.0285. The van der Waals surface area contributed by atoms with Gasteiger partial charge in [0, 0.05) is 23.2 Å². The molecule has 6 heteroatoms. The Morgan fingerprint density at radius 3 is 2.70 bits per heavy atom. The van der Waals surface area contributed by atoms with Crippen LogP contribution >= 0.6 is 15.9 Å². The first-order chi connectivity index (χ1) is 11.1. The van der Waals surface area contributed by atoms with Gasteiger partial charge in [-0.25, -0.2) is 9.97 Å². The van der Waals surface area contributed by atoms with Crippen molar-refractivity contribution >= 4 is 33.3 Å². The van der Waals surface area contributed by atoms with Crippen LogP contribution in [0.15, 0.2) is 41.1 Å². The van der Waals surface area contributed by atoms with E-state index in [1.165, 1.54) is 6.42 Å². The highest BCUT2D eigenvalue weighted by molar-refractivity contribution is 9.10. The predicted octanol–water partition coefficient (Wildman–Crippen LogP) is 3.85. The molecule has 0 bridgehead atoms. The van der Waals surface area contributed by atoms with Gasteiger partial charge in [-0.2, -0.15) is 0 Å². The Kier molecular flexibility index (Phi) is 4.91. The average Bonchev–Trinajstić information content (AvgIpc) is 2.57. The first-order valence-electron chi connectivity index (χ1n) is 7.76. The van der Waals surface area contributed by atoms with Crippen molar-refractivity contribution in [2.75, 3.05) is 18.4 Å². The van der Waals surface area contributed by atoms with Gasteiger partial charge in [0.15, 0.2) is 0 Å². The molecule has 1 aromatic carbocycles. The van der Waals surface area contributed by atoms with E-state index in [4.69, 9.17) is 0 Å². The van der Waals surface area contributed by atoms with E-state index < -0.39 is 0 Å². The summed E-state index contributed by atoms with van der Waals surface area (Å²) in [6.07, 6.45) is 5.39. The number of amides is 1. The Morgan fingerprint density at radius 2 is 2.04 bits per heavy atom. The van der Waals surface area contributed by atoms with Crippen LogP contribution in [0.5, 0.6) is 0 Å². The summed E-state index contributed by atoms with van der Waals surface area (Å²) in [4.78, 5) is 22.9. The molecule has 2 heterocycles. The summed E-state index contributed by atoms with van der Waals surface area (Å²) in [6, 6.07) is 7.79. The SMILES string of the molecule is CC1CCCN(C(=O)c2cnc(Nc3ccc(Br)cc3)cn2)C1. The van der Waals surface area contributed by atoms with Crippen LogP contribution in [-0.4, -0.2) is 33.9 Å². The van der Waals surface area contributed by atoms with Gasteiger partial charge in [-0.3, -0.25) is 4.79 Å². The zero-order valence-corrected chi connectivity index (χ0v) is 14.6. The number of hydrogen-bond donors (Lipinski definition) is 1. The highest BCUT2D eigenvalue weighted by Crippen LogP contribution is 2.19. The van der Waals surface area contributed by atoms with Crippen molar-refractivity contribution in [1.82, 2.24) is 14.9 Å². The van der Waals surface area contributed by atoms with E-state index in [0.29, 0.717) is 17.4 Å². The molecule has 5 nitrogen and oxygen atoms in total. The molecule has 0 saturated carbocycles. The van der Waals surface area contributed by atoms with Gasteiger partial charge in [0.1, 0.15) is 11.5 Å². The van der Waals surface area contributed by atoms with Gasteiger partial charge in [0.05, 0.1) is 12.4 Å². The van der Waals surface area contributed by atoms with E-state index in [-0.39, 0.29) is 5.91 Å². The van der Waals surface area contributed by atoms with Crippen molar-refractivity contribution in [3.63, 3.8) is 0 Å². The van der Waals surface area contributed by atoms with Gasteiger partial charge < -0.3 is 10.2 Å². The van der Waals surface area contributed by atoms with E-state index in [0.717, 1.165) is 29.7 Å². The van der Waals surface area contributed by atoms with Crippen LogP contribution < -0.4 is 5.32 Å². The number of hydrogen-bond acceptors (Lipinski definition) is 4. The molecule has 2 aromatic rings. The molecule has 1 unspecified atom stereocenters. The third-order valence-corrected chi connectivity index (χ3v) is 4.46. The summed E-state index contributed by atoms with van der Waals surface area (Å²) >= 11 is 3.40. The number of anilines is 2. The molecule has 23 heavy (non-hydrogen) atoms. The highest BCUT2D eigenvalue weighted by Gasteiger charge is 2.23. The number of nitrogens with one attached hydrogen (secondary N) is 1. The van der Waals surface area contributed by atoms with Gasteiger partial charge in [-0.15, -0.1) is 0 Å². The summed E-state index contributed by atoms with van der Waals surface area (Å²) in [5, 5.41) is 3.16. The lowest BCUT2D eigenvalue weighted by atomic mass is 10.0. The van der Waals surface area contributed by atoms with Crippen LogP contribution in [0.4, 0.5) is 11.5 Å². The van der Waals surface area contributed by atoms with Crippen molar-refractivity contribution in [2.45, 2.75) is 19.8 Å². The number of nitrogens with zero attached hydrogens (tertiary/aromatic N) is 3. The Balaban J connectivity index is 1.66. The summed E-state index contributed by atoms with van der Waals surface area (Å²) in [6.45, 7) is 3.79. The molecule has 1 fully saturated rings. The number of carbonyl (C=O) groups is 1. The number of halogens is 1. The molecular formula is C17H19BrN4O. The fourth-order valence-electron chi connectivity index (χ4n) is 2.72. The third kappa shape index (κ3) is 4.07. The maximum absolute atomic E-state index is 12.5. The minimum atomic E-state index is -0.0285. The monoisotopic (exact) mass is 374 g/mol. The molecule has 3 rings (SSSR count). The van der Waals surface area contributed by atoms with E-state index in [1.807, 2.05) is 29.2 Å². The van der Waals surface area contributed by atoms with E-state index >= 15 is 0 Å². The van der Waals surface area contributed by atoms with Crippen molar-refractivity contribution in [1.29, 1.82) is 0 Å². The summed E-state index contributed by atoms with van der Waals surface area (Å²) < 4.78 is 1.02. The van der Waals surface area contributed by atoms with Gasteiger partial charge in [-0.05, 0) is 43.0 Å². The quantitative estimate of drug-likeness (QED) is 0.885. The van der Waals surface area contributed by atoms with Crippen molar-refractivity contribution in [3.8, 4) is 0 Å². The first-order valence-corrected chi connectivity index (χ1v) is 8.55. The molecule has 1 aromatic heterocycles. The predicted molar refractivity (Wildman–Crippen MR) is 93.8 cm³/mol. The Morgan fingerprint density at radius 1 is 1.26 bits per heavy atom. The smallest absolute Gasteiger partial charge is 0.274 e. The molecule has 1 N–H and O–H groups in total. The molecule has 1 amide bonds. The van der Waals surface area contributed by atoms with Crippen LogP contribution in [0.25, 0.3) is 0 Å². The lowest BCUT2D eigenvalue weighted by molar-refractivity contribution is 0.0676. The number of carbonyl (C=O) groups excluding carboxylic acids is 1. The van der Waals surface area contributed by atoms with E-state index in [1.54, 1.807) is 12.4 Å². The second-order valence-electron chi connectivity index (χ2n) is 5.92. The van der Waals surface area contributed by atoms with Gasteiger partial charge in [-0.1, -0.05) is 22.9 Å². The molecule has 0 aliphatic carbocycles. The highest BCUT2D eigenvalue weighted by atomic mass is 79.9. The van der Waals surface area contributed by atoms with Gasteiger partial charge >= 0.3 is 0 Å². The van der Waals surface area contributed by atoms with Crippen LogP contribution in [0.2, 0.25) is 0 Å².